The van der Waals surface area contributed by atoms with Crippen LogP contribution in [0.1, 0.15) is 64.2 Å². The highest BCUT2D eigenvalue weighted by Crippen LogP contribution is 2.27. The Hall–Kier alpha value is -1.70. The van der Waals surface area contributed by atoms with Gasteiger partial charge in [0.25, 0.3) is 0 Å². The lowest BCUT2D eigenvalue weighted by Gasteiger charge is -2.24. The first-order valence-corrected chi connectivity index (χ1v) is 9.94. The molecule has 0 saturated heterocycles. The number of rotatable bonds is 4. The van der Waals surface area contributed by atoms with Crippen molar-refractivity contribution >= 4 is 22.1 Å². The van der Waals surface area contributed by atoms with Crippen molar-refractivity contribution in [3.05, 3.63) is 36.4 Å². The van der Waals surface area contributed by atoms with Crippen LogP contribution in [0.2, 0.25) is 0 Å². The van der Waals surface area contributed by atoms with E-state index in [0.717, 1.165) is 0 Å². The molecule has 2 fully saturated rings. The topological polar surface area (TPSA) is 24.1 Å². The number of nitrogens with one attached hydrogen (secondary N) is 2. The molecule has 2 aromatic carbocycles. The highest BCUT2D eigenvalue weighted by atomic mass is 14.9. The third-order valence-corrected chi connectivity index (χ3v) is 5.79. The molecular formula is C22H30N2. The summed E-state index contributed by atoms with van der Waals surface area (Å²) in [7, 11) is 0. The molecule has 0 heterocycles. The second-order valence-corrected chi connectivity index (χ2v) is 7.74. The molecule has 2 saturated carbocycles. The van der Waals surface area contributed by atoms with E-state index < -0.39 is 0 Å². The van der Waals surface area contributed by atoms with Gasteiger partial charge in [0.2, 0.25) is 0 Å². The van der Waals surface area contributed by atoms with Crippen molar-refractivity contribution in [1.29, 1.82) is 0 Å². The second kappa shape index (κ2) is 7.46. The summed E-state index contributed by atoms with van der Waals surface area (Å²) < 4.78 is 0. The largest absolute Gasteiger partial charge is 0.382 e. The first kappa shape index (κ1) is 15.8. The zero-order chi connectivity index (χ0) is 16.2. The Kier molecular flexibility index (Phi) is 4.91. The minimum absolute atomic E-state index is 0.670. The highest BCUT2D eigenvalue weighted by molar-refractivity contribution is 5.88. The van der Waals surface area contributed by atoms with Gasteiger partial charge in [-0.05, 0) is 60.7 Å². The van der Waals surface area contributed by atoms with Crippen LogP contribution in [0.3, 0.4) is 0 Å². The van der Waals surface area contributed by atoms with Gasteiger partial charge in [0.15, 0.2) is 0 Å². The number of hydrogen-bond donors (Lipinski definition) is 2. The molecule has 24 heavy (non-hydrogen) atoms. The van der Waals surface area contributed by atoms with Crippen LogP contribution in [-0.2, 0) is 0 Å². The van der Waals surface area contributed by atoms with Gasteiger partial charge in [-0.15, -0.1) is 0 Å². The van der Waals surface area contributed by atoms with Gasteiger partial charge in [0, 0.05) is 23.5 Å². The van der Waals surface area contributed by atoms with Crippen molar-refractivity contribution in [2.45, 2.75) is 76.3 Å². The summed E-state index contributed by atoms with van der Waals surface area (Å²) in [6.07, 6.45) is 13.6. The summed E-state index contributed by atoms with van der Waals surface area (Å²) in [4.78, 5) is 0. The average Bonchev–Trinajstić information content (AvgIpc) is 2.64. The van der Waals surface area contributed by atoms with Crippen LogP contribution in [-0.4, -0.2) is 12.1 Å². The van der Waals surface area contributed by atoms with Crippen LogP contribution < -0.4 is 10.6 Å². The minimum Gasteiger partial charge on any atom is -0.382 e. The quantitative estimate of drug-likeness (QED) is 0.687. The molecule has 128 valence electrons. The molecule has 0 aliphatic heterocycles. The first-order chi connectivity index (χ1) is 11.9. The Labute approximate surface area is 146 Å². The molecule has 0 amide bonds. The van der Waals surface area contributed by atoms with Crippen molar-refractivity contribution < 1.29 is 0 Å². The Morgan fingerprint density at radius 3 is 1.38 bits per heavy atom. The lowest BCUT2D eigenvalue weighted by Crippen LogP contribution is -2.22. The predicted molar refractivity (Wildman–Crippen MR) is 105 cm³/mol. The summed E-state index contributed by atoms with van der Waals surface area (Å²) >= 11 is 0. The van der Waals surface area contributed by atoms with Crippen molar-refractivity contribution in [1.82, 2.24) is 0 Å². The van der Waals surface area contributed by atoms with Gasteiger partial charge in [-0.25, -0.2) is 0 Å². The standard InChI is InChI=1S/C22H30N2/c1-3-7-19(8-4-1)23-21-13-11-18-16-22(14-12-17(18)15-21)24-20-9-5-2-6-10-20/h11-16,19-20,23-24H,1-10H2. The second-order valence-electron chi connectivity index (χ2n) is 7.74. The van der Waals surface area contributed by atoms with Crippen LogP contribution >= 0.6 is 0 Å². The van der Waals surface area contributed by atoms with Crippen molar-refractivity contribution in [2.24, 2.45) is 0 Å². The van der Waals surface area contributed by atoms with Gasteiger partial charge in [-0.3, -0.25) is 0 Å². The molecule has 2 heteroatoms. The molecule has 0 radical (unpaired) electrons. The average molecular weight is 322 g/mol. The van der Waals surface area contributed by atoms with E-state index in [-0.39, 0.29) is 0 Å². The fourth-order valence-electron chi connectivity index (χ4n) is 4.39. The fourth-order valence-corrected chi connectivity index (χ4v) is 4.39. The van der Waals surface area contributed by atoms with Crippen LogP contribution in [0.5, 0.6) is 0 Å². The number of benzene rings is 2. The van der Waals surface area contributed by atoms with E-state index in [2.05, 4.69) is 47.0 Å². The van der Waals surface area contributed by atoms with Crippen molar-refractivity contribution in [3.8, 4) is 0 Å². The van der Waals surface area contributed by atoms with E-state index in [4.69, 9.17) is 0 Å². The van der Waals surface area contributed by atoms with Crippen molar-refractivity contribution in [3.63, 3.8) is 0 Å². The lowest BCUT2D eigenvalue weighted by atomic mass is 9.95. The third kappa shape index (κ3) is 3.85. The molecule has 0 atom stereocenters. The smallest absolute Gasteiger partial charge is 0.0348 e. The Balaban J connectivity index is 1.45. The summed E-state index contributed by atoms with van der Waals surface area (Å²) in [5.41, 5.74) is 2.56. The van der Waals surface area contributed by atoms with Crippen molar-refractivity contribution in [2.75, 3.05) is 10.6 Å². The Bertz CT molecular complexity index is 607. The zero-order valence-electron chi connectivity index (χ0n) is 14.7. The van der Waals surface area contributed by atoms with E-state index in [1.165, 1.54) is 86.4 Å². The Morgan fingerprint density at radius 2 is 0.958 bits per heavy atom. The van der Waals surface area contributed by atoms with E-state index in [9.17, 15) is 0 Å². The minimum atomic E-state index is 0.670. The van der Waals surface area contributed by atoms with Crippen LogP contribution in [0.4, 0.5) is 11.4 Å². The molecule has 0 aromatic heterocycles. The van der Waals surface area contributed by atoms with Crippen LogP contribution in [0.25, 0.3) is 10.8 Å². The summed E-state index contributed by atoms with van der Waals surface area (Å²) in [5.74, 6) is 0. The van der Waals surface area contributed by atoms with Gasteiger partial charge in [-0.2, -0.15) is 0 Å². The molecule has 2 aliphatic rings. The first-order valence-electron chi connectivity index (χ1n) is 9.94. The van der Waals surface area contributed by atoms with E-state index in [0.29, 0.717) is 12.1 Å². The molecule has 4 rings (SSSR count). The van der Waals surface area contributed by atoms with Gasteiger partial charge < -0.3 is 10.6 Å². The van der Waals surface area contributed by atoms with Crippen LogP contribution in [0.15, 0.2) is 36.4 Å². The molecule has 2 nitrogen and oxygen atoms in total. The molecule has 2 aliphatic carbocycles. The zero-order valence-corrected chi connectivity index (χ0v) is 14.7. The van der Waals surface area contributed by atoms with Gasteiger partial charge in [0.1, 0.15) is 0 Å². The molecule has 2 aromatic rings. The molecule has 0 bridgehead atoms. The normalized spacial score (nSPS) is 20.2. The maximum absolute atomic E-state index is 3.74. The third-order valence-electron chi connectivity index (χ3n) is 5.79. The van der Waals surface area contributed by atoms with Gasteiger partial charge in [-0.1, -0.05) is 50.7 Å². The van der Waals surface area contributed by atoms with Gasteiger partial charge >= 0.3 is 0 Å². The highest BCUT2D eigenvalue weighted by Gasteiger charge is 2.14. The number of anilines is 2. The molecule has 2 N–H and O–H groups in total. The fraction of sp³-hybridized carbons (Fsp3) is 0.545. The summed E-state index contributed by atoms with van der Waals surface area (Å²) in [5, 5.41) is 10.2. The van der Waals surface area contributed by atoms with Crippen LogP contribution in [0, 0.1) is 0 Å². The molecule has 0 spiro atoms. The van der Waals surface area contributed by atoms with Gasteiger partial charge in [0.05, 0.1) is 0 Å². The predicted octanol–water partition coefficient (Wildman–Crippen LogP) is 6.33. The Morgan fingerprint density at radius 1 is 0.542 bits per heavy atom. The molecular weight excluding hydrogens is 292 g/mol. The van der Waals surface area contributed by atoms with E-state index in [1.54, 1.807) is 0 Å². The SMILES string of the molecule is c1cc2cc(NC3CCCCC3)ccc2cc1NC1CCCCC1. The number of fused-ring (bicyclic) bond motifs is 1. The molecule has 0 unspecified atom stereocenters. The number of hydrogen-bond acceptors (Lipinski definition) is 2. The maximum atomic E-state index is 3.74. The lowest BCUT2D eigenvalue weighted by molar-refractivity contribution is 0.462. The van der Waals surface area contributed by atoms with E-state index in [1.807, 2.05) is 0 Å². The maximum Gasteiger partial charge on any atom is 0.0348 e. The van der Waals surface area contributed by atoms with E-state index >= 15 is 0 Å². The summed E-state index contributed by atoms with van der Waals surface area (Å²) in [6.45, 7) is 0. The summed E-state index contributed by atoms with van der Waals surface area (Å²) in [6, 6.07) is 15.0. The monoisotopic (exact) mass is 322 g/mol.